The fraction of sp³-hybridized carbons (Fsp3) is 0.933. The fourth-order valence-corrected chi connectivity index (χ4v) is 3.71. The summed E-state index contributed by atoms with van der Waals surface area (Å²) in [7, 11) is 3.35. The van der Waals surface area contributed by atoms with Crippen molar-refractivity contribution in [1.82, 2.24) is 10.2 Å². The van der Waals surface area contributed by atoms with Crippen molar-refractivity contribution in [2.45, 2.75) is 38.3 Å². The maximum atomic E-state index is 12.9. The minimum Gasteiger partial charge on any atom is -0.383 e. The number of carbonyl (C=O) groups is 1. The standard InChI is InChI=1S/C15H28N2O3/c1-11(10-20-3)17(7-8-19-2)15(18)14-13-6-4-5-12(13)9-16-14/h11-14,16H,4-10H2,1-3H3. The SMILES string of the molecule is COCCN(C(=O)C1NCC2CCCC21)C(C)COC. The third-order valence-corrected chi connectivity index (χ3v) is 4.77. The van der Waals surface area contributed by atoms with Gasteiger partial charge >= 0.3 is 0 Å². The number of nitrogens with zero attached hydrogens (tertiary/aromatic N) is 1. The van der Waals surface area contributed by atoms with Crippen molar-refractivity contribution >= 4 is 5.91 Å². The second-order valence-corrected chi connectivity index (χ2v) is 6.07. The molecule has 116 valence electrons. The van der Waals surface area contributed by atoms with Crippen LogP contribution < -0.4 is 5.32 Å². The molecule has 0 bridgehead atoms. The van der Waals surface area contributed by atoms with Gasteiger partial charge in [-0.2, -0.15) is 0 Å². The number of rotatable bonds is 7. The van der Waals surface area contributed by atoms with Crippen LogP contribution in [0.1, 0.15) is 26.2 Å². The Morgan fingerprint density at radius 3 is 2.85 bits per heavy atom. The van der Waals surface area contributed by atoms with Gasteiger partial charge in [0, 0.05) is 20.8 Å². The molecule has 0 aromatic rings. The van der Waals surface area contributed by atoms with Crippen LogP contribution in [0.5, 0.6) is 0 Å². The third-order valence-electron chi connectivity index (χ3n) is 4.77. The van der Waals surface area contributed by atoms with Crippen LogP contribution in [0.15, 0.2) is 0 Å². The molecule has 0 radical (unpaired) electrons. The van der Waals surface area contributed by atoms with E-state index in [1.165, 1.54) is 19.3 Å². The number of methoxy groups -OCH3 is 2. The maximum Gasteiger partial charge on any atom is 0.240 e. The Morgan fingerprint density at radius 1 is 1.35 bits per heavy atom. The highest BCUT2D eigenvalue weighted by molar-refractivity contribution is 5.83. The lowest BCUT2D eigenvalue weighted by Crippen LogP contribution is -2.51. The molecule has 0 aromatic carbocycles. The molecule has 20 heavy (non-hydrogen) atoms. The molecular weight excluding hydrogens is 256 g/mol. The molecule has 0 spiro atoms. The Kier molecular flexibility index (Phi) is 5.81. The number of carbonyl (C=O) groups excluding carboxylic acids is 1. The fourth-order valence-electron chi connectivity index (χ4n) is 3.71. The highest BCUT2D eigenvalue weighted by atomic mass is 16.5. The third kappa shape index (κ3) is 3.32. The van der Waals surface area contributed by atoms with Crippen molar-refractivity contribution in [3.05, 3.63) is 0 Å². The summed E-state index contributed by atoms with van der Waals surface area (Å²) in [5, 5.41) is 3.44. The molecule has 4 atom stereocenters. The van der Waals surface area contributed by atoms with Gasteiger partial charge in [0.1, 0.15) is 0 Å². The van der Waals surface area contributed by atoms with Crippen LogP contribution in [0.3, 0.4) is 0 Å². The van der Waals surface area contributed by atoms with Gasteiger partial charge in [0.15, 0.2) is 0 Å². The quantitative estimate of drug-likeness (QED) is 0.754. The minimum absolute atomic E-state index is 0.00124. The second-order valence-electron chi connectivity index (χ2n) is 6.07. The lowest BCUT2D eigenvalue weighted by Gasteiger charge is -2.32. The first-order valence-corrected chi connectivity index (χ1v) is 7.70. The van der Waals surface area contributed by atoms with Gasteiger partial charge in [-0.05, 0) is 38.1 Å². The highest BCUT2D eigenvalue weighted by Crippen LogP contribution is 2.38. The maximum absolute atomic E-state index is 12.9. The van der Waals surface area contributed by atoms with E-state index in [4.69, 9.17) is 9.47 Å². The van der Waals surface area contributed by atoms with Crippen molar-refractivity contribution in [2.24, 2.45) is 11.8 Å². The molecule has 1 saturated heterocycles. The molecule has 1 N–H and O–H groups in total. The number of nitrogens with one attached hydrogen (secondary N) is 1. The van der Waals surface area contributed by atoms with Crippen LogP contribution in [0.2, 0.25) is 0 Å². The van der Waals surface area contributed by atoms with Crippen LogP contribution in [0, 0.1) is 11.8 Å². The summed E-state index contributed by atoms with van der Waals surface area (Å²) in [6, 6.07) is 0.0866. The molecular formula is C15H28N2O3. The second kappa shape index (κ2) is 7.38. The van der Waals surface area contributed by atoms with Crippen molar-refractivity contribution in [2.75, 3.05) is 40.5 Å². The van der Waals surface area contributed by atoms with E-state index in [1.54, 1.807) is 14.2 Å². The first-order chi connectivity index (χ1) is 9.69. The van der Waals surface area contributed by atoms with Crippen molar-refractivity contribution in [3.63, 3.8) is 0 Å². The summed E-state index contributed by atoms with van der Waals surface area (Å²) in [6.07, 6.45) is 3.73. The number of ether oxygens (including phenoxy) is 2. The van der Waals surface area contributed by atoms with Crippen LogP contribution in [-0.2, 0) is 14.3 Å². The summed E-state index contributed by atoms with van der Waals surface area (Å²) in [5.74, 6) is 1.45. The molecule has 2 fully saturated rings. The smallest absolute Gasteiger partial charge is 0.240 e. The number of hydrogen-bond donors (Lipinski definition) is 1. The Hall–Kier alpha value is -0.650. The molecule has 5 nitrogen and oxygen atoms in total. The molecule has 2 rings (SSSR count). The average Bonchev–Trinajstić information content (AvgIpc) is 3.01. The zero-order valence-electron chi connectivity index (χ0n) is 12.9. The molecule has 1 aliphatic heterocycles. The summed E-state index contributed by atoms with van der Waals surface area (Å²) in [5.41, 5.74) is 0. The van der Waals surface area contributed by atoms with Gasteiger partial charge < -0.3 is 19.7 Å². The van der Waals surface area contributed by atoms with E-state index >= 15 is 0 Å². The van der Waals surface area contributed by atoms with Gasteiger partial charge in [0.05, 0.1) is 25.3 Å². The Balaban J connectivity index is 2.01. The molecule has 0 aromatic heterocycles. The average molecular weight is 284 g/mol. The van der Waals surface area contributed by atoms with E-state index in [2.05, 4.69) is 5.32 Å². The van der Waals surface area contributed by atoms with Crippen LogP contribution in [-0.4, -0.2) is 63.4 Å². The predicted octanol–water partition coefficient (Wildman–Crippen LogP) is 0.884. The van der Waals surface area contributed by atoms with Gasteiger partial charge in [-0.15, -0.1) is 0 Å². The summed E-state index contributed by atoms with van der Waals surface area (Å²) in [6.45, 7) is 4.81. The highest BCUT2D eigenvalue weighted by Gasteiger charge is 2.44. The zero-order valence-corrected chi connectivity index (χ0v) is 12.9. The van der Waals surface area contributed by atoms with E-state index in [1.807, 2.05) is 11.8 Å². The van der Waals surface area contributed by atoms with Crippen molar-refractivity contribution < 1.29 is 14.3 Å². The largest absolute Gasteiger partial charge is 0.383 e. The minimum atomic E-state index is -0.00124. The Morgan fingerprint density at radius 2 is 2.15 bits per heavy atom. The first kappa shape index (κ1) is 15.7. The van der Waals surface area contributed by atoms with E-state index in [0.29, 0.717) is 31.6 Å². The molecule has 1 saturated carbocycles. The van der Waals surface area contributed by atoms with Gasteiger partial charge in [-0.25, -0.2) is 0 Å². The van der Waals surface area contributed by atoms with Gasteiger partial charge in [-0.1, -0.05) is 6.42 Å². The molecule has 1 amide bonds. The summed E-state index contributed by atoms with van der Waals surface area (Å²) < 4.78 is 10.4. The topological polar surface area (TPSA) is 50.8 Å². The first-order valence-electron chi connectivity index (χ1n) is 7.70. The van der Waals surface area contributed by atoms with Gasteiger partial charge in [0.2, 0.25) is 5.91 Å². The monoisotopic (exact) mass is 284 g/mol. The number of hydrogen-bond acceptors (Lipinski definition) is 4. The normalized spacial score (nSPS) is 30.2. The number of amides is 1. The number of fused-ring (bicyclic) bond motifs is 1. The van der Waals surface area contributed by atoms with Crippen LogP contribution in [0.25, 0.3) is 0 Å². The molecule has 1 aliphatic carbocycles. The zero-order chi connectivity index (χ0) is 14.5. The van der Waals surface area contributed by atoms with E-state index in [0.717, 1.165) is 6.54 Å². The molecule has 5 heteroatoms. The summed E-state index contributed by atoms with van der Waals surface area (Å²) in [4.78, 5) is 14.8. The van der Waals surface area contributed by atoms with Gasteiger partial charge in [-0.3, -0.25) is 4.79 Å². The molecule has 2 aliphatic rings. The van der Waals surface area contributed by atoms with Crippen LogP contribution >= 0.6 is 0 Å². The van der Waals surface area contributed by atoms with Crippen LogP contribution in [0.4, 0.5) is 0 Å². The summed E-state index contributed by atoms with van der Waals surface area (Å²) >= 11 is 0. The van der Waals surface area contributed by atoms with E-state index in [-0.39, 0.29) is 18.0 Å². The van der Waals surface area contributed by atoms with Crippen molar-refractivity contribution in [1.29, 1.82) is 0 Å². The van der Waals surface area contributed by atoms with E-state index in [9.17, 15) is 4.79 Å². The Bertz CT molecular complexity index is 324. The lowest BCUT2D eigenvalue weighted by atomic mass is 9.93. The van der Waals surface area contributed by atoms with E-state index < -0.39 is 0 Å². The predicted molar refractivity (Wildman–Crippen MR) is 77.5 cm³/mol. The van der Waals surface area contributed by atoms with Crippen molar-refractivity contribution in [3.8, 4) is 0 Å². The lowest BCUT2D eigenvalue weighted by molar-refractivity contribution is -0.138. The Labute approximate surface area is 122 Å². The molecule has 1 heterocycles. The van der Waals surface area contributed by atoms with Gasteiger partial charge in [0.25, 0.3) is 0 Å². The molecule has 4 unspecified atom stereocenters.